The van der Waals surface area contributed by atoms with Gasteiger partial charge >= 0.3 is 6.09 Å². The van der Waals surface area contributed by atoms with Crippen LogP contribution in [0.1, 0.15) is 19.4 Å². The zero-order valence-corrected chi connectivity index (χ0v) is 10.8. The second-order valence-corrected chi connectivity index (χ2v) is 4.14. The van der Waals surface area contributed by atoms with Crippen molar-refractivity contribution >= 4 is 6.09 Å². The summed E-state index contributed by atoms with van der Waals surface area (Å²) in [5.74, 6) is 0.785. The Morgan fingerprint density at radius 1 is 1.41 bits per heavy atom. The first-order chi connectivity index (χ1) is 8.02. The first kappa shape index (κ1) is 13.4. The van der Waals surface area contributed by atoms with Crippen molar-refractivity contribution in [1.82, 2.24) is 4.90 Å². The van der Waals surface area contributed by atoms with Gasteiger partial charge in [-0.25, -0.2) is 4.79 Å². The molecule has 0 aliphatic carbocycles. The zero-order chi connectivity index (χ0) is 12.8. The van der Waals surface area contributed by atoms with E-state index < -0.39 is 0 Å². The Labute approximate surface area is 102 Å². The minimum absolute atomic E-state index is 0.102. The van der Waals surface area contributed by atoms with Crippen LogP contribution in [0, 0.1) is 0 Å². The molecule has 0 N–H and O–H groups in total. The number of rotatable bonds is 4. The molecule has 0 heterocycles. The second-order valence-electron chi connectivity index (χ2n) is 4.14. The maximum Gasteiger partial charge on any atom is 0.410 e. The predicted octanol–water partition coefficient (Wildman–Crippen LogP) is 2.67. The van der Waals surface area contributed by atoms with Crippen molar-refractivity contribution in [2.24, 2.45) is 0 Å². The minimum Gasteiger partial charge on any atom is -0.497 e. The predicted molar refractivity (Wildman–Crippen MR) is 66.1 cm³/mol. The van der Waals surface area contributed by atoms with Crippen LogP contribution >= 0.6 is 0 Å². The molecule has 94 valence electrons. The molecule has 4 nitrogen and oxygen atoms in total. The van der Waals surface area contributed by atoms with Crippen LogP contribution in [0.5, 0.6) is 5.75 Å². The van der Waals surface area contributed by atoms with Crippen molar-refractivity contribution in [3.8, 4) is 5.75 Å². The Balaban J connectivity index is 2.60. The van der Waals surface area contributed by atoms with Crippen molar-refractivity contribution in [2.45, 2.75) is 26.5 Å². The molecule has 0 aliphatic rings. The molecule has 1 aromatic rings. The van der Waals surface area contributed by atoms with Crippen molar-refractivity contribution < 1.29 is 14.3 Å². The van der Waals surface area contributed by atoms with Crippen LogP contribution in [0.2, 0.25) is 0 Å². The highest BCUT2D eigenvalue weighted by Gasteiger charge is 2.12. The van der Waals surface area contributed by atoms with E-state index in [0.29, 0.717) is 6.54 Å². The van der Waals surface area contributed by atoms with E-state index in [4.69, 9.17) is 9.47 Å². The Morgan fingerprint density at radius 3 is 2.71 bits per heavy atom. The lowest BCUT2D eigenvalue weighted by atomic mass is 10.2. The van der Waals surface area contributed by atoms with Gasteiger partial charge in [-0.15, -0.1) is 0 Å². The summed E-state index contributed by atoms with van der Waals surface area (Å²) in [6.45, 7) is 4.16. The van der Waals surface area contributed by atoms with Crippen molar-refractivity contribution in [1.29, 1.82) is 0 Å². The highest BCUT2D eigenvalue weighted by atomic mass is 16.6. The number of carbonyl (C=O) groups excluding carboxylic acids is 1. The SMILES string of the molecule is COc1cccc(CN(C)C(=O)OC(C)C)c1. The van der Waals surface area contributed by atoms with E-state index in [1.807, 2.05) is 38.1 Å². The van der Waals surface area contributed by atoms with Gasteiger partial charge in [-0.05, 0) is 31.5 Å². The number of amides is 1. The molecule has 0 bridgehead atoms. The molecule has 0 spiro atoms. The van der Waals surface area contributed by atoms with Crippen LogP contribution < -0.4 is 4.74 Å². The van der Waals surface area contributed by atoms with E-state index >= 15 is 0 Å². The average molecular weight is 237 g/mol. The molecule has 0 saturated carbocycles. The van der Waals surface area contributed by atoms with E-state index in [9.17, 15) is 4.79 Å². The van der Waals surface area contributed by atoms with Crippen LogP contribution in [-0.4, -0.2) is 31.3 Å². The number of ether oxygens (including phenoxy) is 2. The number of hydrogen-bond donors (Lipinski definition) is 0. The highest BCUT2D eigenvalue weighted by Crippen LogP contribution is 2.14. The maximum absolute atomic E-state index is 11.6. The Bertz CT molecular complexity index is 377. The maximum atomic E-state index is 11.6. The summed E-state index contributed by atoms with van der Waals surface area (Å²) >= 11 is 0. The van der Waals surface area contributed by atoms with E-state index in [2.05, 4.69) is 0 Å². The first-order valence-corrected chi connectivity index (χ1v) is 5.57. The molecule has 1 amide bonds. The molecular formula is C13H19NO3. The van der Waals surface area contributed by atoms with Crippen LogP contribution in [0.4, 0.5) is 4.79 Å². The lowest BCUT2D eigenvalue weighted by molar-refractivity contribution is 0.0822. The molecule has 1 aromatic carbocycles. The average Bonchev–Trinajstić information content (AvgIpc) is 2.28. The third-order valence-electron chi connectivity index (χ3n) is 2.20. The Morgan fingerprint density at radius 2 is 2.12 bits per heavy atom. The van der Waals surface area contributed by atoms with Crippen molar-refractivity contribution in [3.63, 3.8) is 0 Å². The van der Waals surface area contributed by atoms with Crippen molar-refractivity contribution in [2.75, 3.05) is 14.2 Å². The molecule has 0 aromatic heterocycles. The fourth-order valence-corrected chi connectivity index (χ4v) is 1.40. The first-order valence-electron chi connectivity index (χ1n) is 5.57. The van der Waals surface area contributed by atoms with Crippen LogP contribution in [0.3, 0.4) is 0 Å². The van der Waals surface area contributed by atoms with E-state index in [1.54, 1.807) is 14.2 Å². The summed E-state index contributed by atoms with van der Waals surface area (Å²) in [6.07, 6.45) is -0.418. The number of methoxy groups -OCH3 is 1. The fraction of sp³-hybridized carbons (Fsp3) is 0.462. The van der Waals surface area contributed by atoms with Gasteiger partial charge in [0.15, 0.2) is 0 Å². The minimum atomic E-state index is -0.317. The van der Waals surface area contributed by atoms with Crippen LogP contribution in [0.15, 0.2) is 24.3 Å². The summed E-state index contributed by atoms with van der Waals surface area (Å²) < 4.78 is 10.2. The van der Waals surface area contributed by atoms with Gasteiger partial charge in [0, 0.05) is 13.6 Å². The second kappa shape index (κ2) is 6.13. The highest BCUT2D eigenvalue weighted by molar-refractivity contribution is 5.67. The third-order valence-corrected chi connectivity index (χ3v) is 2.20. The van der Waals surface area contributed by atoms with Gasteiger partial charge in [-0.2, -0.15) is 0 Å². The summed E-state index contributed by atoms with van der Waals surface area (Å²) in [7, 11) is 3.33. The molecule has 0 atom stereocenters. The number of benzene rings is 1. The summed E-state index contributed by atoms with van der Waals surface area (Å²) in [4.78, 5) is 13.1. The van der Waals surface area contributed by atoms with Gasteiger partial charge in [-0.1, -0.05) is 12.1 Å². The van der Waals surface area contributed by atoms with Crippen LogP contribution in [-0.2, 0) is 11.3 Å². The van der Waals surface area contributed by atoms with E-state index in [0.717, 1.165) is 11.3 Å². The molecule has 0 saturated heterocycles. The topological polar surface area (TPSA) is 38.8 Å². The Hall–Kier alpha value is -1.71. The largest absolute Gasteiger partial charge is 0.497 e. The lowest BCUT2D eigenvalue weighted by Gasteiger charge is -2.18. The van der Waals surface area contributed by atoms with Crippen molar-refractivity contribution in [3.05, 3.63) is 29.8 Å². The van der Waals surface area contributed by atoms with E-state index in [1.165, 1.54) is 4.90 Å². The molecule has 1 rings (SSSR count). The molecule has 0 unspecified atom stereocenters. The smallest absolute Gasteiger partial charge is 0.410 e. The van der Waals surface area contributed by atoms with Gasteiger partial charge in [0.25, 0.3) is 0 Å². The number of nitrogens with zero attached hydrogens (tertiary/aromatic N) is 1. The molecule has 0 aliphatic heterocycles. The quantitative estimate of drug-likeness (QED) is 0.808. The van der Waals surface area contributed by atoms with Gasteiger partial charge in [0.05, 0.1) is 13.2 Å². The molecular weight excluding hydrogens is 218 g/mol. The molecule has 17 heavy (non-hydrogen) atoms. The van der Waals surface area contributed by atoms with Gasteiger partial charge in [0.2, 0.25) is 0 Å². The number of hydrogen-bond acceptors (Lipinski definition) is 3. The Kier molecular flexibility index (Phi) is 4.82. The van der Waals surface area contributed by atoms with Crippen LogP contribution in [0.25, 0.3) is 0 Å². The summed E-state index contributed by atoms with van der Waals surface area (Å²) in [5, 5.41) is 0. The van der Waals surface area contributed by atoms with E-state index in [-0.39, 0.29) is 12.2 Å². The normalized spacial score (nSPS) is 10.2. The summed E-state index contributed by atoms with van der Waals surface area (Å²) in [5.41, 5.74) is 1.01. The molecule has 0 fully saturated rings. The fourth-order valence-electron chi connectivity index (χ4n) is 1.40. The molecule has 4 heteroatoms. The summed E-state index contributed by atoms with van der Waals surface area (Å²) in [6, 6.07) is 7.62. The number of carbonyl (C=O) groups is 1. The lowest BCUT2D eigenvalue weighted by Crippen LogP contribution is -2.29. The zero-order valence-electron chi connectivity index (χ0n) is 10.8. The van der Waals surface area contributed by atoms with Gasteiger partial charge in [-0.3, -0.25) is 0 Å². The van der Waals surface area contributed by atoms with Gasteiger partial charge in [0.1, 0.15) is 5.75 Å². The standard InChI is InChI=1S/C13H19NO3/c1-10(2)17-13(15)14(3)9-11-6-5-7-12(8-11)16-4/h5-8,10H,9H2,1-4H3. The third kappa shape index (κ3) is 4.34. The van der Waals surface area contributed by atoms with Gasteiger partial charge < -0.3 is 14.4 Å². The molecule has 0 radical (unpaired) electrons. The monoisotopic (exact) mass is 237 g/mol.